The number of rotatable bonds is 5. The van der Waals surface area contributed by atoms with E-state index in [1.165, 1.54) is 0 Å². The molecule has 0 N–H and O–H groups in total. The summed E-state index contributed by atoms with van der Waals surface area (Å²) in [6, 6.07) is 9.86. The number of nitrogens with zero attached hydrogens (tertiary/aromatic N) is 2. The molecule has 0 saturated carbocycles. The van der Waals surface area contributed by atoms with Gasteiger partial charge in [0.1, 0.15) is 6.61 Å². The van der Waals surface area contributed by atoms with Gasteiger partial charge in [-0.05, 0) is 37.2 Å². The second-order valence-electron chi connectivity index (χ2n) is 7.50. The van der Waals surface area contributed by atoms with Gasteiger partial charge in [-0.1, -0.05) is 30.3 Å². The summed E-state index contributed by atoms with van der Waals surface area (Å²) in [5.41, 5.74) is 0.978. The predicted molar refractivity (Wildman–Crippen MR) is 104 cm³/mol. The van der Waals surface area contributed by atoms with Gasteiger partial charge in [0.2, 0.25) is 0 Å². The van der Waals surface area contributed by atoms with Crippen molar-refractivity contribution in [2.75, 3.05) is 40.0 Å². The second-order valence-corrected chi connectivity index (χ2v) is 7.50. The molecule has 2 saturated heterocycles. The van der Waals surface area contributed by atoms with Crippen molar-refractivity contribution in [1.82, 2.24) is 9.80 Å². The van der Waals surface area contributed by atoms with E-state index in [1.54, 1.807) is 16.8 Å². The van der Waals surface area contributed by atoms with Crippen molar-refractivity contribution < 1.29 is 23.8 Å². The Morgan fingerprint density at radius 1 is 1.07 bits per heavy atom. The zero-order chi connectivity index (χ0) is 19.8. The zero-order valence-corrected chi connectivity index (χ0v) is 16.5. The van der Waals surface area contributed by atoms with Gasteiger partial charge in [0.25, 0.3) is 0 Å². The number of piperidine rings is 1. The van der Waals surface area contributed by atoms with Gasteiger partial charge in [0.15, 0.2) is 0 Å². The maximum absolute atomic E-state index is 12.3. The van der Waals surface area contributed by atoms with Gasteiger partial charge in [-0.3, -0.25) is 0 Å². The minimum absolute atomic E-state index is 0.197. The van der Waals surface area contributed by atoms with E-state index < -0.39 is 0 Å². The molecule has 0 spiro atoms. The lowest BCUT2D eigenvalue weighted by atomic mass is 9.98. The van der Waals surface area contributed by atoms with E-state index in [0.717, 1.165) is 31.2 Å². The van der Waals surface area contributed by atoms with E-state index in [0.29, 0.717) is 32.9 Å². The molecule has 3 rings (SSSR count). The summed E-state index contributed by atoms with van der Waals surface area (Å²) < 4.78 is 16.2. The standard InChI is InChI=1S/C21H30N2O5/c1-22(19-9-13-26-14-10-19)20(24)27-16-18-7-11-23(12-8-18)21(25)28-15-17-5-3-2-4-6-17/h2-6,18-19H,7-16H2,1H3. The van der Waals surface area contributed by atoms with Gasteiger partial charge in [-0.2, -0.15) is 0 Å². The summed E-state index contributed by atoms with van der Waals surface area (Å²) >= 11 is 0. The van der Waals surface area contributed by atoms with Crippen LogP contribution in [0.5, 0.6) is 0 Å². The summed E-state index contributed by atoms with van der Waals surface area (Å²) in [5.74, 6) is 0.283. The monoisotopic (exact) mass is 390 g/mol. The molecule has 0 aromatic heterocycles. The fourth-order valence-electron chi connectivity index (χ4n) is 3.61. The Kier molecular flexibility index (Phi) is 7.54. The zero-order valence-electron chi connectivity index (χ0n) is 16.5. The first-order chi connectivity index (χ1) is 13.6. The molecule has 2 heterocycles. The van der Waals surface area contributed by atoms with Crippen LogP contribution in [0, 0.1) is 5.92 Å². The van der Waals surface area contributed by atoms with E-state index in [-0.39, 0.29) is 30.8 Å². The normalized spacial score (nSPS) is 18.5. The van der Waals surface area contributed by atoms with E-state index >= 15 is 0 Å². The molecule has 0 unspecified atom stereocenters. The Morgan fingerprint density at radius 3 is 2.43 bits per heavy atom. The van der Waals surface area contributed by atoms with E-state index in [1.807, 2.05) is 30.3 Å². The van der Waals surface area contributed by atoms with Crippen LogP contribution in [-0.2, 0) is 20.8 Å². The molecule has 0 atom stereocenters. The molecule has 7 nitrogen and oxygen atoms in total. The average Bonchev–Trinajstić information content (AvgIpc) is 2.77. The third-order valence-corrected chi connectivity index (χ3v) is 5.55. The van der Waals surface area contributed by atoms with Crippen LogP contribution in [0.3, 0.4) is 0 Å². The molecule has 0 bridgehead atoms. The fraction of sp³-hybridized carbons (Fsp3) is 0.619. The third-order valence-electron chi connectivity index (χ3n) is 5.55. The largest absolute Gasteiger partial charge is 0.449 e. The molecular weight excluding hydrogens is 360 g/mol. The van der Waals surface area contributed by atoms with Crippen LogP contribution in [0.25, 0.3) is 0 Å². The maximum atomic E-state index is 12.3. The molecule has 1 aromatic rings. The van der Waals surface area contributed by atoms with Gasteiger partial charge in [0, 0.05) is 39.4 Å². The topological polar surface area (TPSA) is 68.3 Å². The first kappa shape index (κ1) is 20.5. The molecule has 1 aromatic carbocycles. The molecule has 0 radical (unpaired) electrons. The fourth-order valence-corrected chi connectivity index (χ4v) is 3.61. The Morgan fingerprint density at radius 2 is 1.75 bits per heavy atom. The van der Waals surface area contributed by atoms with Crippen molar-refractivity contribution >= 4 is 12.2 Å². The van der Waals surface area contributed by atoms with Gasteiger partial charge in [-0.25, -0.2) is 9.59 Å². The Hall–Kier alpha value is -2.28. The van der Waals surface area contributed by atoms with Crippen molar-refractivity contribution in [2.24, 2.45) is 5.92 Å². The molecular formula is C21H30N2O5. The molecule has 7 heteroatoms. The van der Waals surface area contributed by atoms with Crippen LogP contribution in [0.2, 0.25) is 0 Å². The van der Waals surface area contributed by atoms with Gasteiger partial charge >= 0.3 is 12.2 Å². The summed E-state index contributed by atoms with van der Waals surface area (Å²) in [5, 5.41) is 0. The third kappa shape index (κ3) is 5.86. The van der Waals surface area contributed by atoms with Gasteiger partial charge in [0.05, 0.1) is 6.61 Å². The lowest BCUT2D eigenvalue weighted by Gasteiger charge is -2.33. The molecule has 0 aliphatic carbocycles. The van der Waals surface area contributed by atoms with Crippen molar-refractivity contribution in [3.8, 4) is 0 Å². The Bertz CT molecular complexity index is 625. The number of ether oxygens (including phenoxy) is 3. The first-order valence-corrected chi connectivity index (χ1v) is 10.1. The SMILES string of the molecule is CN(C(=O)OCC1CCN(C(=O)OCc2ccccc2)CC1)C1CCOCC1. The highest BCUT2D eigenvalue weighted by Crippen LogP contribution is 2.20. The highest BCUT2D eigenvalue weighted by atomic mass is 16.6. The van der Waals surface area contributed by atoms with Crippen molar-refractivity contribution in [3.05, 3.63) is 35.9 Å². The van der Waals surface area contributed by atoms with Crippen molar-refractivity contribution in [2.45, 2.75) is 38.3 Å². The number of hydrogen-bond acceptors (Lipinski definition) is 5. The predicted octanol–water partition coefficient (Wildman–Crippen LogP) is 3.28. The summed E-state index contributed by atoms with van der Waals surface area (Å²) in [4.78, 5) is 27.9. The number of benzene rings is 1. The minimum atomic E-state index is -0.279. The average molecular weight is 390 g/mol. The van der Waals surface area contributed by atoms with Crippen LogP contribution in [-0.4, -0.2) is 68.0 Å². The molecule has 2 fully saturated rings. The van der Waals surface area contributed by atoms with Crippen LogP contribution in [0.15, 0.2) is 30.3 Å². The summed E-state index contributed by atoms with van der Waals surface area (Å²) in [6.07, 6.45) is 2.79. The second kappa shape index (κ2) is 10.3. The highest BCUT2D eigenvalue weighted by molar-refractivity contribution is 5.68. The molecule has 2 aliphatic heterocycles. The van der Waals surface area contributed by atoms with Crippen LogP contribution < -0.4 is 0 Å². The number of likely N-dealkylation sites (tertiary alicyclic amines) is 1. The number of carbonyl (C=O) groups is 2. The summed E-state index contributed by atoms with van der Waals surface area (Å²) in [7, 11) is 1.80. The van der Waals surface area contributed by atoms with Gasteiger partial charge in [-0.15, -0.1) is 0 Å². The van der Waals surface area contributed by atoms with Crippen molar-refractivity contribution in [3.63, 3.8) is 0 Å². The molecule has 2 aliphatic rings. The van der Waals surface area contributed by atoms with E-state index in [4.69, 9.17) is 14.2 Å². The highest BCUT2D eigenvalue weighted by Gasteiger charge is 2.27. The van der Waals surface area contributed by atoms with E-state index in [2.05, 4.69) is 0 Å². The molecule has 28 heavy (non-hydrogen) atoms. The summed E-state index contributed by atoms with van der Waals surface area (Å²) in [6.45, 7) is 3.34. The minimum Gasteiger partial charge on any atom is -0.449 e. The Labute approximate surface area is 166 Å². The van der Waals surface area contributed by atoms with Crippen LogP contribution >= 0.6 is 0 Å². The molecule has 154 valence electrons. The number of hydrogen-bond donors (Lipinski definition) is 0. The molecule has 2 amide bonds. The van der Waals surface area contributed by atoms with E-state index in [9.17, 15) is 9.59 Å². The number of carbonyl (C=O) groups excluding carboxylic acids is 2. The van der Waals surface area contributed by atoms with Crippen molar-refractivity contribution in [1.29, 1.82) is 0 Å². The number of amides is 2. The van der Waals surface area contributed by atoms with Crippen LogP contribution in [0.1, 0.15) is 31.2 Å². The van der Waals surface area contributed by atoms with Gasteiger partial charge < -0.3 is 24.0 Å². The Balaban J connectivity index is 1.33. The lowest BCUT2D eigenvalue weighted by molar-refractivity contribution is 0.0260. The first-order valence-electron chi connectivity index (χ1n) is 10.1. The van der Waals surface area contributed by atoms with Crippen LogP contribution in [0.4, 0.5) is 9.59 Å². The quantitative estimate of drug-likeness (QED) is 0.772. The lowest BCUT2D eigenvalue weighted by Crippen LogP contribution is -2.42. The smallest absolute Gasteiger partial charge is 0.410 e. The maximum Gasteiger partial charge on any atom is 0.410 e.